The lowest BCUT2D eigenvalue weighted by Crippen LogP contribution is -2.56. The van der Waals surface area contributed by atoms with E-state index < -0.39 is 6.17 Å². The quantitative estimate of drug-likeness (QED) is 0.406. The van der Waals surface area contributed by atoms with Gasteiger partial charge in [-0.25, -0.2) is 14.1 Å². The first kappa shape index (κ1) is 24.6. The Bertz CT molecular complexity index is 1460. The zero-order valence-corrected chi connectivity index (χ0v) is 22.3. The summed E-state index contributed by atoms with van der Waals surface area (Å²) >= 11 is 0. The molecule has 0 radical (unpaired) electrons. The molecule has 204 valence electrons. The Hall–Kier alpha value is -3.41. The highest BCUT2D eigenvalue weighted by Crippen LogP contribution is 2.28. The number of imidazole rings is 1. The summed E-state index contributed by atoms with van der Waals surface area (Å²) in [6.07, 6.45) is 3.10. The van der Waals surface area contributed by atoms with Gasteiger partial charge in [0.05, 0.1) is 25.5 Å². The fourth-order valence-electron chi connectivity index (χ4n) is 5.88. The molecule has 0 spiro atoms. The highest BCUT2D eigenvalue weighted by atomic mass is 19.1. The summed E-state index contributed by atoms with van der Waals surface area (Å²) in [4.78, 5) is 24.7. The molecule has 10 nitrogen and oxygen atoms in total. The third-order valence-corrected chi connectivity index (χ3v) is 8.11. The highest BCUT2D eigenvalue weighted by molar-refractivity contribution is 5.84. The number of aryl methyl sites for hydroxylation is 1. The number of morpholine rings is 1. The van der Waals surface area contributed by atoms with Crippen LogP contribution in [0, 0.1) is 6.92 Å². The molecule has 3 aliphatic heterocycles. The molecule has 39 heavy (non-hydrogen) atoms. The van der Waals surface area contributed by atoms with Gasteiger partial charge in [0, 0.05) is 44.0 Å². The first-order valence-electron chi connectivity index (χ1n) is 13.9. The number of fused-ring (bicyclic) bond motifs is 1. The van der Waals surface area contributed by atoms with Crippen molar-refractivity contribution in [2.75, 3.05) is 57.4 Å². The van der Waals surface area contributed by atoms with Gasteiger partial charge in [-0.2, -0.15) is 15.1 Å². The van der Waals surface area contributed by atoms with Crippen molar-refractivity contribution in [3.05, 3.63) is 47.9 Å². The molecule has 0 saturated carbocycles. The molecule has 1 aromatic carbocycles. The van der Waals surface area contributed by atoms with Gasteiger partial charge in [0.1, 0.15) is 12.0 Å². The number of hydrogen-bond donors (Lipinski definition) is 1. The van der Waals surface area contributed by atoms with Crippen LogP contribution in [0.4, 0.5) is 10.2 Å². The molecular formula is C28H34FN9O. The van der Waals surface area contributed by atoms with E-state index in [1.807, 2.05) is 18.3 Å². The summed E-state index contributed by atoms with van der Waals surface area (Å²) in [5.41, 5.74) is 4.49. The van der Waals surface area contributed by atoms with Gasteiger partial charge in [-0.1, -0.05) is 23.8 Å². The van der Waals surface area contributed by atoms with Crippen molar-refractivity contribution in [1.29, 1.82) is 0 Å². The fourth-order valence-corrected chi connectivity index (χ4v) is 5.88. The van der Waals surface area contributed by atoms with Gasteiger partial charge in [0.2, 0.25) is 0 Å². The number of benzene rings is 1. The first-order chi connectivity index (χ1) is 19.1. The fraction of sp³-hybridized carbons (Fsp3) is 0.500. The first-order valence-corrected chi connectivity index (χ1v) is 13.9. The minimum atomic E-state index is -0.832. The van der Waals surface area contributed by atoms with Crippen LogP contribution in [0.1, 0.15) is 24.2 Å². The largest absolute Gasteiger partial charge is 0.378 e. The summed E-state index contributed by atoms with van der Waals surface area (Å²) in [5.74, 6) is 2.03. The van der Waals surface area contributed by atoms with Crippen molar-refractivity contribution in [3.8, 4) is 17.2 Å². The van der Waals surface area contributed by atoms with Crippen LogP contribution in [0.15, 0.2) is 36.5 Å². The van der Waals surface area contributed by atoms with Gasteiger partial charge in [0.15, 0.2) is 17.0 Å². The molecule has 4 aromatic rings. The molecule has 2 unspecified atom stereocenters. The zero-order chi connectivity index (χ0) is 26.3. The number of hydrogen-bond acceptors (Lipinski definition) is 8. The zero-order valence-electron chi connectivity index (χ0n) is 22.3. The van der Waals surface area contributed by atoms with E-state index in [-0.39, 0.29) is 6.04 Å². The molecule has 3 fully saturated rings. The lowest BCUT2D eigenvalue weighted by atomic mass is 9.98. The van der Waals surface area contributed by atoms with Crippen LogP contribution in [0.3, 0.4) is 0 Å². The van der Waals surface area contributed by atoms with Gasteiger partial charge in [-0.3, -0.25) is 9.80 Å². The van der Waals surface area contributed by atoms with Gasteiger partial charge < -0.3 is 14.6 Å². The molecule has 0 aliphatic carbocycles. The second kappa shape index (κ2) is 10.3. The van der Waals surface area contributed by atoms with Crippen molar-refractivity contribution in [3.63, 3.8) is 0 Å². The molecule has 1 N–H and O–H groups in total. The molecule has 11 heteroatoms. The molecule has 2 atom stereocenters. The van der Waals surface area contributed by atoms with Crippen LogP contribution in [-0.2, 0) is 11.3 Å². The third kappa shape index (κ3) is 4.90. The average Bonchev–Trinajstić information content (AvgIpc) is 3.56. The second-order valence-electron chi connectivity index (χ2n) is 10.8. The van der Waals surface area contributed by atoms with Crippen LogP contribution < -0.4 is 4.90 Å². The van der Waals surface area contributed by atoms with Crippen molar-refractivity contribution < 1.29 is 9.13 Å². The predicted molar refractivity (Wildman–Crippen MR) is 147 cm³/mol. The van der Waals surface area contributed by atoms with Crippen LogP contribution in [0.2, 0.25) is 0 Å². The minimum absolute atomic E-state index is 0.0609. The molecular weight excluding hydrogens is 497 g/mol. The van der Waals surface area contributed by atoms with E-state index in [0.717, 1.165) is 67.6 Å². The molecule has 3 aliphatic rings. The molecule has 7 rings (SSSR count). The number of nitrogens with zero attached hydrogens (tertiary/aromatic N) is 8. The maximum Gasteiger partial charge on any atom is 0.254 e. The number of rotatable bonds is 6. The van der Waals surface area contributed by atoms with Gasteiger partial charge in [-0.15, -0.1) is 0 Å². The minimum Gasteiger partial charge on any atom is -0.378 e. The summed E-state index contributed by atoms with van der Waals surface area (Å²) in [6.45, 7) is 8.73. The lowest BCUT2D eigenvalue weighted by molar-refractivity contribution is 0.00148. The Morgan fingerprint density at radius 3 is 2.69 bits per heavy atom. The molecule has 6 heterocycles. The SMILES string of the molecule is Cc1cccc(-c2ccn(-c3nc(N4CCOCC4)c4nc(CN5CCC(N6CCC6)C(F)C5)[nH]c4n3)n2)c1. The van der Waals surface area contributed by atoms with E-state index in [1.165, 1.54) is 12.0 Å². The highest BCUT2D eigenvalue weighted by Gasteiger charge is 2.36. The van der Waals surface area contributed by atoms with E-state index in [2.05, 4.69) is 44.8 Å². The lowest BCUT2D eigenvalue weighted by Gasteiger charge is -2.44. The summed E-state index contributed by atoms with van der Waals surface area (Å²) in [5, 5.41) is 4.79. The van der Waals surface area contributed by atoms with Gasteiger partial charge in [0.25, 0.3) is 5.95 Å². The summed E-state index contributed by atoms with van der Waals surface area (Å²) in [7, 11) is 0. The number of alkyl halides is 1. The number of likely N-dealkylation sites (tertiary alicyclic amines) is 2. The standard InChI is InChI=1S/C28H34FN9O/c1-19-4-2-5-20(16-19)22-6-11-38(34-22)28-32-26-25(27(33-28)37-12-14-39-15-13-37)30-24(31-26)18-35-10-7-23(21(29)17-35)36-8-3-9-36/h2,4-6,11,16,21,23H,3,7-10,12-15,17-18H2,1H3,(H,30,31,32,33). The Balaban J connectivity index is 1.18. The summed E-state index contributed by atoms with van der Waals surface area (Å²) < 4.78 is 22.3. The maximum atomic E-state index is 15.0. The molecule has 0 bridgehead atoms. The number of nitrogens with one attached hydrogen (secondary N) is 1. The Morgan fingerprint density at radius 2 is 1.92 bits per heavy atom. The Kier molecular flexibility index (Phi) is 6.49. The summed E-state index contributed by atoms with van der Waals surface area (Å²) in [6, 6.07) is 10.3. The Labute approximate surface area is 226 Å². The van der Waals surface area contributed by atoms with Crippen molar-refractivity contribution in [2.24, 2.45) is 0 Å². The predicted octanol–water partition coefficient (Wildman–Crippen LogP) is 2.97. The van der Waals surface area contributed by atoms with E-state index in [1.54, 1.807) is 4.68 Å². The monoisotopic (exact) mass is 531 g/mol. The van der Waals surface area contributed by atoms with Crippen LogP contribution >= 0.6 is 0 Å². The number of anilines is 1. The number of ether oxygens (including phenoxy) is 1. The molecule has 3 aromatic heterocycles. The van der Waals surface area contributed by atoms with E-state index in [9.17, 15) is 0 Å². The molecule has 3 saturated heterocycles. The number of H-pyrrole nitrogens is 1. The van der Waals surface area contributed by atoms with Crippen LogP contribution in [0.25, 0.3) is 28.4 Å². The van der Waals surface area contributed by atoms with Crippen molar-refractivity contribution >= 4 is 17.0 Å². The number of aromatic amines is 1. The smallest absolute Gasteiger partial charge is 0.254 e. The third-order valence-electron chi connectivity index (χ3n) is 8.11. The number of piperidine rings is 1. The topological polar surface area (TPSA) is 91.2 Å². The van der Waals surface area contributed by atoms with Gasteiger partial charge >= 0.3 is 0 Å². The molecule has 0 amide bonds. The van der Waals surface area contributed by atoms with Crippen LogP contribution in [0.5, 0.6) is 0 Å². The second-order valence-corrected chi connectivity index (χ2v) is 10.8. The van der Waals surface area contributed by atoms with E-state index >= 15 is 4.39 Å². The maximum absolute atomic E-state index is 15.0. The van der Waals surface area contributed by atoms with E-state index in [0.29, 0.717) is 37.9 Å². The number of halogens is 1. The van der Waals surface area contributed by atoms with Crippen LogP contribution in [-0.4, -0.2) is 104 Å². The van der Waals surface area contributed by atoms with Crippen molar-refractivity contribution in [2.45, 2.75) is 38.5 Å². The van der Waals surface area contributed by atoms with E-state index in [4.69, 9.17) is 24.8 Å². The normalized spacial score (nSPS) is 22.9. The van der Waals surface area contributed by atoms with Crippen molar-refractivity contribution in [1.82, 2.24) is 39.5 Å². The van der Waals surface area contributed by atoms with Gasteiger partial charge in [-0.05, 0) is 45.0 Å². The number of aromatic nitrogens is 6. The Morgan fingerprint density at radius 1 is 1.05 bits per heavy atom. The average molecular weight is 532 g/mol.